The third-order valence-electron chi connectivity index (χ3n) is 3.82. The molecule has 1 aliphatic heterocycles. The zero-order valence-corrected chi connectivity index (χ0v) is 11.8. The SMILES string of the molecule is CC1CN(c2cc(Cl)ccc2C=O)CC(C)N1C. The molecule has 1 saturated heterocycles. The molecule has 1 aliphatic rings. The standard InChI is InChI=1S/C14H19ClN2O/c1-10-7-17(8-11(2)16(10)3)14-6-13(15)5-4-12(14)9-18/h4-6,9-11H,7-8H2,1-3H3. The van der Waals surface area contributed by atoms with Crippen molar-refractivity contribution in [2.24, 2.45) is 0 Å². The van der Waals surface area contributed by atoms with Gasteiger partial charge >= 0.3 is 0 Å². The van der Waals surface area contributed by atoms with E-state index in [9.17, 15) is 4.79 Å². The van der Waals surface area contributed by atoms with Gasteiger partial charge in [0.25, 0.3) is 0 Å². The molecule has 0 bridgehead atoms. The summed E-state index contributed by atoms with van der Waals surface area (Å²) >= 11 is 6.04. The van der Waals surface area contributed by atoms with E-state index in [0.29, 0.717) is 22.7 Å². The van der Waals surface area contributed by atoms with E-state index < -0.39 is 0 Å². The molecular weight excluding hydrogens is 248 g/mol. The van der Waals surface area contributed by atoms with Gasteiger partial charge in [-0.05, 0) is 39.1 Å². The molecule has 0 aromatic heterocycles. The van der Waals surface area contributed by atoms with Crippen molar-refractivity contribution in [2.75, 3.05) is 25.0 Å². The van der Waals surface area contributed by atoms with E-state index in [4.69, 9.17) is 11.6 Å². The molecule has 0 N–H and O–H groups in total. The Bertz CT molecular complexity index is 437. The van der Waals surface area contributed by atoms with E-state index >= 15 is 0 Å². The number of hydrogen-bond acceptors (Lipinski definition) is 3. The van der Waals surface area contributed by atoms with Gasteiger partial charge in [-0.2, -0.15) is 0 Å². The Morgan fingerprint density at radius 3 is 2.44 bits per heavy atom. The second kappa shape index (κ2) is 5.29. The van der Waals surface area contributed by atoms with Gasteiger partial charge in [0.15, 0.2) is 6.29 Å². The maximum atomic E-state index is 11.1. The maximum absolute atomic E-state index is 11.1. The van der Waals surface area contributed by atoms with Crippen molar-refractivity contribution < 1.29 is 4.79 Å². The molecule has 0 spiro atoms. The second-order valence-corrected chi connectivity index (χ2v) is 5.53. The highest BCUT2D eigenvalue weighted by Gasteiger charge is 2.27. The first-order valence-electron chi connectivity index (χ1n) is 6.24. The number of halogens is 1. The number of carbonyl (C=O) groups excluding carboxylic acids is 1. The van der Waals surface area contributed by atoms with E-state index in [1.165, 1.54) is 0 Å². The lowest BCUT2D eigenvalue weighted by Crippen LogP contribution is -2.55. The topological polar surface area (TPSA) is 23.6 Å². The first-order chi connectivity index (χ1) is 8.52. The van der Waals surface area contributed by atoms with E-state index in [1.54, 1.807) is 12.1 Å². The van der Waals surface area contributed by atoms with Crippen molar-refractivity contribution in [1.29, 1.82) is 0 Å². The Labute approximate surface area is 113 Å². The Morgan fingerprint density at radius 2 is 1.89 bits per heavy atom. The summed E-state index contributed by atoms with van der Waals surface area (Å²) in [7, 11) is 2.14. The maximum Gasteiger partial charge on any atom is 0.152 e. The predicted molar refractivity (Wildman–Crippen MR) is 75.7 cm³/mol. The molecule has 1 heterocycles. The van der Waals surface area contributed by atoms with E-state index in [-0.39, 0.29) is 0 Å². The highest BCUT2D eigenvalue weighted by atomic mass is 35.5. The smallest absolute Gasteiger partial charge is 0.152 e. The highest BCUT2D eigenvalue weighted by Crippen LogP contribution is 2.27. The molecule has 0 aliphatic carbocycles. The summed E-state index contributed by atoms with van der Waals surface area (Å²) in [6.45, 7) is 6.24. The molecule has 0 radical (unpaired) electrons. The van der Waals surface area contributed by atoms with Crippen molar-refractivity contribution in [1.82, 2.24) is 4.90 Å². The molecule has 0 amide bonds. The molecule has 98 valence electrons. The summed E-state index contributed by atoms with van der Waals surface area (Å²) in [6, 6.07) is 6.37. The van der Waals surface area contributed by atoms with Crippen molar-refractivity contribution in [3.63, 3.8) is 0 Å². The van der Waals surface area contributed by atoms with Crippen LogP contribution in [-0.2, 0) is 0 Å². The number of aldehydes is 1. The van der Waals surface area contributed by atoms with Crippen LogP contribution in [0.2, 0.25) is 5.02 Å². The van der Waals surface area contributed by atoms with Crippen molar-refractivity contribution in [3.05, 3.63) is 28.8 Å². The second-order valence-electron chi connectivity index (χ2n) is 5.09. The van der Waals surface area contributed by atoms with Gasteiger partial charge in [-0.3, -0.25) is 9.69 Å². The third kappa shape index (κ3) is 2.52. The van der Waals surface area contributed by atoms with Crippen LogP contribution in [0.25, 0.3) is 0 Å². The number of rotatable bonds is 2. The number of piperazine rings is 1. The average Bonchev–Trinajstić information content (AvgIpc) is 2.35. The molecule has 1 aromatic carbocycles. The summed E-state index contributed by atoms with van der Waals surface area (Å²) in [5.41, 5.74) is 1.66. The van der Waals surface area contributed by atoms with Crippen LogP contribution in [0, 0.1) is 0 Å². The van der Waals surface area contributed by atoms with Gasteiger partial charge in [0, 0.05) is 41.4 Å². The lowest BCUT2D eigenvalue weighted by atomic mass is 10.1. The largest absolute Gasteiger partial charge is 0.368 e. The first-order valence-corrected chi connectivity index (χ1v) is 6.62. The van der Waals surface area contributed by atoms with Crippen LogP contribution in [0.1, 0.15) is 24.2 Å². The number of nitrogens with zero attached hydrogens (tertiary/aromatic N) is 2. The fourth-order valence-corrected chi connectivity index (χ4v) is 2.66. The molecule has 2 atom stereocenters. The van der Waals surface area contributed by atoms with E-state index in [1.807, 2.05) is 6.07 Å². The van der Waals surface area contributed by atoms with Gasteiger partial charge in [-0.1, -0.05) is 11.6 Å². The van der Waals surface area contributed by atoms with Crippen LogP contribution >= 0.6 is 11.6 Å². The monoisotopic (exact) mass is 266 g/mol. The summed E-state index contributed by atoms with van der Waals surface area (Å²) in [4.78, 5) is 15.7. The molecule has 2 rings (SSSR count). The van der Waals surface area contributed by atoms with Crippen molar-refractivity contribution in [3.8, 4) is 0 Å². The van der Waals surface area contributed by atoms with E-state index in [2.05, 4.69) is 30.7 Å². The molecule has 4 heteroatoms. The molecule has 1 aromatic rings. The van der Waals surface area contributed by atoms with Crippen LogP contribution in [0.5, 0.6) is 0 Å². The average molecular weight is 267 g/mol. The van der Waals surface area contributed by atoms with Gasteiger partial charge in [-0.25, -0.2) is 0 Å². The van der Waals surface area contributed by atoms with Crippen LogP contribution in [0.3, 0.4) is 0 Å². The minimum absolute atomic E-state index is 0.465. The number of hydrogen-bond donors (Lipinski definition) is 0. The number of carbonyl (C=O) groups is 1. The summed E-state index contributed by atoms with van der Waals surface area (Å²) in [6.07, 6.45) is 0.902. The van der Waals surface area contributed by atoms with Crippen molar-refractivity contribution >= 4 is 23.6 Å². The molecule has 0 saturated carbocycles. The Hall–Kier alpha value is -1.06. The molecule has 1 fully saturated rings. The van der Waals surface area contributed by atoms with Crippen LogP contribution in [0.15, 0.2) is 18.2 Å². The highest BCUT2D eigenvalue weighted by molar-refractivity contribution is 6.31. The van der Waals surface area contributed by atoms with E-state index in [0.717, 1.165) is 25.1 Å². The van der Waals surface area contributed by atoms with Gasteiger partial charge in [0.1, 0.15) is 0 Å². The quantitative estimate of drug-likeness (QED) is 0.769. The summed E-state index contributed by atoms with van der Waals surface area (Å²) in [5, 5.41) is 0.676. The Balaban J connectivity index is 2.31. The molecule has 3 nitrogen and oxygen atoms in total. The Morgan fingerprint density at radius 1 is 1.28 bits per heavy atom. The van der Waals surface area contributed by atoms with Crippen LogP contribution in [0.4, 0.5) is 5.69 Å². The molecule has 2 unspecified atom stereocenters. The summed E-state index contributed by atoms with van der Waals surface area (Å²) in [5.74, 6) is 0. The Kier molecular flexibility index (Phi) is 3.93. The predicted octanol–water partition coefficient (Wildman–Crippen LogP) is 2.68. The normalized spacial score (nSPS) is 25.2. The molecular formula is C14H19ClN2O. The number of likely N-dealkylation sites (N-methyl/N-ethyl adjacent to an activating group) is 1. The third-order valence-corrected chi connectivity index (χ3v) is 4.05. The summed E-state index contributed by atoms with van der Waals surface area (Å²) < 4.78 is 0. The van der Waals surface area contributed by atoms with Gasteiger partial charge in [0.2, 0.25) is 0 Å². The molecule has 18 heavy (non-hydrogen) atoms. The number of anilines is 1. The lowest BCUT2D eigenvalue weighted by molar-refractivity contribution is 0.112. The number of benzene rings is 1. The first kappa shape index (κ1) is 13.4. The van der Waals surface area contributed by atoms with Crippen LogP contribution < -0.4 is 4.90 Å². The van der Waals surface area contributed by atoms with Crippen molar-refractivity contribution in [2.45, 2.75) is 25.9 Å². The minimum atomic E-state index is 0.465. The fraction of sp³-hybridized carbons (Fsp3) is 0.500. The van der Waals surface area contributed by atoms with Gasteiger partial charge < -0.3 is 4.90 Å². The zero-order valence-electron chi connectivity index (χ0n) is 11.1. The zero-order chi connectivity index (χ0) is 13.3. The lowest BCUT2D eigenvalue weighted by Gasteiger charge is -2.43. The van der Waals surface area contributed by atoms with Gasteiger partial charge in [-0.15, -0.1) is 0 Å². The van der Waals surface area contributed by atoms with Gasteiger partial charge in [0.05, 0.1) is 0 Å². The van der Waals surface area contributed by atoms with Crippen LogP contribution in [-0.4, -0.2) is 43.4 Å². The minimum Gasteiger partial charge on any atom is -0.368 e. The fourth-order valence-electron chi connectivity index (χ4n) is 2.49.